The van der Waals surface area contributed by atoms with Crippen LogP contribution in [0.3, 0.4) is 0 Å². The van der Waals surface area contributed by atoms with Crippen LogP contribution in [-0.4, -0.2) is 37.5 Å². The molecule has 0 bridgehead atoms. The molecule has 0 amide bonds. The van der Waals surface area contributed by atoms with Crippen molar-refractivity contribution in [2.24, 2.45) is 0 Å². The molecule has 0 saturated heterocycles. The Hall–Kier alpha value is -1.39. The van der Waals surface area contributed by atoms with Gasteiger partial charge in [-0.3, -0.25) is 0 Å². The quantitative estimate of drug-likeness (QED) is 0.805. The van der Waals surface area contributed by atoms with Crippen molar-refractivity contribution in [3.05, 3.63) is 35.4 Å². The highest BCUT2D eigenvalue weighted by Crippen LogP contribution is 2.15. The summed E-state index contributed by atoms with van der Waals surface area (Å²) in [6.07, 6.45) is 0. The minimum atomic E-state index is -3.51. The molecule has 0 aliphatic heterocycles. The zero-order valence-corrected chi connectivity index (χ0v) is 13.6. The lowest BCUT2D eigenvalue weighted by molar-refractivity contribution is 0.350. The standard InChI is InChI=1S/C15H22N2O3S/c1-12(2)17(4)21(19,20)16-13(3)15-9-7-14(8-10-15)6-5-11-18/h7-10,12-13,16,18H,11H2,1-4H3. The highest BCUT2D eigenvalue weighted by atomic mass is 32.2. The van der Waals surface area contributed by atoms with Crippen molar-refractivity contribution in [3.63, 3.8) is 0 Å². The van der Waals surface area contributed by atoms with Crippen LogP contribution < -0.4 is 4.72 Å². The molecule has 6 heteroatoms. The largest absolute Gasteiger partial charge is 0.384 e. The predicted octanol–water partition coefficient (Wildman–Crippen LogP) is 1.27. The van der Waals surface area contributed by atoms with E-state index in [2.05, 4.69) is 16.6 Å². The van der Waals surface area contributed by atoms with Gasteiger partial charge in [0.2, 0.25) is 0 Å². The molecular formula is C15H22N2O3S. The second-order valence-corrected chi connectivity index (χ2v) is 6.80. The summed E-state index contributed by atoms with van der Waals surface area (Å²) in [5.41, 5.74) is 1.63. The molecule has 0 aliphatic carbocycles. The molecule has 1 unspecified atom stereocenters. The zero-order valence-electron chi connectivity index (χ0n) is 12.8. The van der Waals surface area contributed by atoms with Gasteiger partial charge in [0.1, 0.15) is 6.61 Å². The van der Waals surface area contributed by atoms with Crippen molar-refractivity contribution in [3.8, 4) is 11.8 Å². The van der Waals surface area contributed by atoms with E-state index in [1.807, 2.05) is 26.0 Å². The van der Waals surface area contributed by atoms with Crippen LogP contribution in [0.4, 0.5) is 0 Å². The van der Waals surface area contributed by atoms with Crippen molar-refractivity contribution in [2.45, 2.75) is 32.9 Å². The molecule has 0 aliphatic rings. The first-order valence-corrected chi connectivity index (χ1v) is 8.17. The van der Waals surface area contributed by atoms with E-state index in [1.54, 1.807) is 26.1 Å². The van der Waals surface area contributed by atoms with Gasteiger partial charge in [-0.2, -0.15) is 17.4 Å². The third-order valence-corrected chi connectivity index (χ3v) is 4.99. The number of hydrogen-bond donors (Lipinski definition) is 2. The van der Waals surface area contributed by atoms with E-state index in [9.17, 15) is 8.42 Å². The van der Waals surface area contributed by atoms with E-state index < -0.39 is 10.2 Å². The molecule has 0 saturated carbocycles. The molecule has 1 atom stereocenters. The highest BCUT2D eigenvalue weighted by Gasteiger charge is 2.22. The Bertz CT molecular complexity index is 613. The number of aliphatic hydroxyl groups is 1. The van der Waals surface area contributed by atoms with Gasteiger partial charge in [-0.1, -0.05) is 24.0 Å². The Morgan fingerprint density at radius 1 is 1.24 bits per heavy atom. The number of aliphatic hydroxyl groups excluding tert-OH is 1. The predicted molar refractivity (Wildman–Crippen MR) is 83.8 cm³/mol. The number of rotatable bonds is 5. The van der Waals surface area contributed by atoms with E-state index >= 15 is 0 Å². The zero-order chi connectivity index (χ0) is 16.0. The summed E-state index contributed by atoms with van der Waals surface area (Å²) < 4.78 is 28.2. The first kappa shape index (κ1) is 17.7. The summed E-state index contributed by atoms with van der Waals surface area (Å²) in [4.78, 5) is 0. The lowest BCUT2D eigenvalue weighted by atomic mass is 10.1. The van der Waals surface area contributed by atoms with E-state index in [0.717, 1.165) is 11.1 Å². The first-order chi connectivity index (χ1) is 9.77. The third-order valence-electron chi connectivity index (χ3n) is 3.15. The van der Waals surface area contributed by atoms with Gasteiger partial charge in [-0.25, -0.2) is 0 Å². The van der Waals surface area contributed by atoms with E-state index in [4.69, 9.17) is 5.11 Å². The number of hydrogen-bond acceptors (Lipinski definition) is 3. The average Bonchev–Trinajstić information content (AvgIpc) is 2.44. The van der Waals surface area contributed by atoms with Crippen molar-refractivity contribution in [1.82, 2.24) is 9.03 Å². The molecule has 116 valence electrons. The Kier molecular flexibility index (Phi) is 6.37. The molecule has 0 fully saturated rings. The fourth-order valence-electron chi connectivity index (χ4n) is 1.65. The van der Waals surface area contributed by atoms with Gasteiger partial charge in [0.15, 0.2) is 0 Å². The van der Waals surface area contributed by atoms with Crippen LogP contribution in [0.5, 0.6) is 0 Å². The Balaban J connectivity index is 2.83. The van der Waals surface area contributed by atoms with Crippen LogP contribution in [0.2, 0.25) is 0 Å². The second-order valence-electron chi connectivity index (χ2n) is 5.04. The van der Waals surface area contributed by atoms with E-state index in [1.165, 1.54) is 4.31 Å². The molecule has 2 N–H and O–H groups in total. The van der Waals surface area contributed by atoms with Crippen molar-refractivity contribution >= 4 is 10.2 Å². The minimum Gasteiger partial charge on any atom is -0.384 e. The van der Waals surface area contributed by atoms with Crippen molar-refractivity contribution in [2.75, 3.05) is 13.7 Å². The topological polar surface area (TPSA) is 69.6 Å². The maximum atomic E-state index is 12.1. The lowest BCUT2D eigenvalue weighted by Gasteiger charge is -2.24. The molecule has 0 spiro atoms. The first-order valence-electron chi connectivity index (χ1n) is 6.73. The van der Waals surface area contributed by atoms with Gasteiger partial charge in [-0.05, 0) is 38.5 Å². The van der Waals surface area contributed by atoms with Crippen molar-refractivity contribution in [1.29, 1.82) is 0 Å². The monoisotopic (exact) mass is 310 g/mol. The third kappa shape index (κ3) is 5.14. The van der Waals surface area contributed by atoms with Gasteiger partial charge in [0.25, 0.3) is 10.2 Å². The number of nitrogens with zero attached hydrogens (tertiary/aromatic N) is 1. The Morgan fingerprint density at radius 3 is 2.29 bits per heavy atom. The summed E-state index contributed by atoms with van der Waals surface area (Å²) in [6.45, 7) is 5.25. The molecule has 0 radical (unpaired) electrons. The van der Waals surface area contributed by atoms with Gasteiger partial charge >= 0.3 is 0 Å². The molecule has 1 aromatic rings. The molecule has 1 rings (SSSR count). The maximum absolute atomic E-state index is 12.1. The van der Waals surface area contributed by atoms with Gasteiger partial charge in [0, 0.05) is 24.7 Å². The number of benzene rings is 1. The summed E-state index contributed by atoms with van der Waals surface area (Å²) >= 11 is 0. The Labute approximate surface area is 127 Å². The average molecular weight is 310 g/mol. The fourth-order valence-corrected chi connectivity index (χ4v) is 2.95. The van der Waals surface area contributed by atoms with Crippen LogP contribution in [0.25, 0.3) is 0 Å². The normalized spacial score (nSPS) is 13.1. The summed E-state index contributed by atoms with van der Waals surface area (Å²) in [7, 11) is -1.96. The number of nitrogens with one attached hydrogen (secondary N) is 1. The SMILES string of the molecule is CC(NS(=O)(=O)N(C)C(C)C)c1ccc(C#CCO)cc1. The fraction of sp³-hybridized carbons (Fsp3) is 0.467. The van der Waals surface area contributed by atoms with E-state index in [0.29, 0.717) is 0 Å². The van der Waals surface area contributed by atoms with Crippen molar-refractivity contribution < 1.29 is 13.5 Å². The summed E-state index contributed by atoms with van der Waals surface area (Å²) in [6, 6.07) is 6.81. The minimum absolute atomic E-state index is 0.106. The van der Waals surface area contributed by atoms with Crippen LogP contribution in [0.15, 0.2) is 24.3 Å². The Morgan fingerprint density at radius 2 is 1.81 bits per heavy atom. The van der Waals surface area contributed by atoms with Crippen LogP contribution in [-0.2, 0) is 10.2 Å². The molecule has 1 aromatic carbocycles. The van der Waals surface area contributed by atoms with Crippen LogP contribution in [0, 0.1) is 11.8 Å². The molecule has 0 aromatic heterocycles. The molecular weight excluding hydrogens is 288 g/mol. The van der Waals surface area contributed by atoms with Gasteiger partial charge < -0.3 is 5.11 Å². The van der Waals surface area contributed by atoms with Gasteiger partial charge in [0.05, 0.1) is 0 Å². The molecule has 21 heavy (non-hydrogen) atoms. The smallest absolute Gasteiger partial charge is 0.279 e. The molecule has 0 heterocycles. The van der Waals surface area contributed by atoms with Gasteiger partial charge in [-0.15, -0.1) is 0 Å². The van der Waals surface area contributed by atoms with Crippen LogP contribution >= 0.6 is 0 Å². The highest BCUT2D eigenvalue weighted by molar-refractivity contribution is 7.87. The maximum Gasteiger partial charge on any atom is 0.279 e. The molecule has 5 nitrogen and oxygen atoms in total. The lowest BCUT2D eigenvalue weighted by Crippen LogP contribution is -2.42. The summed E-state index contributed by atoms with van der Waals surface area (Å²) in [5, 5.41) is 8.64. The second kappa shape index (κ2) is 7.57. The summed E-state index contributed by atoms with van der Waals surface area (Å²) in [5.74, 6) is 5.36. The van der Waals surface area contributed by atoms with Crippen LogP contribution in [0.1, 0.15) is 37.9 Å². The van der Waals surface area contributed by atoms with E-state index in [-0.39, 0.29) is 18.7 Å².